The van der Waals surface area contributed by atoms with Crippen LogP contribution in [0.25, 0.3) is 99.2 Å². The second-order valence-electron chi connectivity index (χ2n) is 12.1. The van der Waals surface area contributed by atoms with Crippen molar-refractivity contribution >= 4 is 77.0 Å². The van der Waals surface area contributed by atoms with Crippen LogP contribution in [-0.4, -0.2) is 8.80 Å². The average molecular weight is 589 g/mol. The second kappa shape index (κ2) is 8.68. The van der Waals surface area contributed by atoms with Gasteiger partial charge in [-0.2, -0.15) is 0 Å². The fourth-order valence-electron chi connectivity index (χ4n) is 7.70. The largest absolute Gasteiger partial charge is 0.452 e. The summed E-state index contributed by atoms with van der Waals surface area (Å²) in [5, 5.41) is 4.39. The first kappa shape index (κ1) is 24.1. The van der Waals surface area contributed by atoms with Crippen molar-refractivity contribution in [3.05, 3.63) is 146 Å². The number of hydrogen-bond acceptors (Lipinski definition) is 2. The molecule has 46 heavy (non-hydrogen) atoms. The van der Waals surface area contributed by atoms with Crippen LogP contribution in [0.2, 0.25) is 0 Å². The molecule has 0 saturated heterocycles. The summed E-state index contributed by atoms with van der Waals surface area (Å²) in [5.74, 6) is 0. The monoisotopic (exact) mass is 588 g/mol. The molecular formula is C42H24N2O2. The topological polar surface area (TPSA) is 35.1 Å². The van der Waals surface area contributed by atoms with Gasteiger partial charge in [0.05, 0.1) is 32.8 Å². The predicted octanol–water partition coefficient (Wildman–Crippen LogP) is 11.6. The normalized spacial score (nSPS) is 12.3. The molecule has 0 aliphatic rings. The molecule has 0 radical (unpaired) electrons. The molecule has 0 atom stereocenters. The summed E-state index contributed by atoms with van der Waals surface area (Å²) in [6, 6.07) is 51.4. The van der Waals surface area contributed by atoms with E-state index in [1.807, 2.05) is 12.1 Å². The van der Waals surface area contributed by atoms with E-state index in [0.717, 1.165) is 77.0 Å². The van der Waals surface area contributed by atoms with Crippen LogP contribution in [0.1, 0.15) is 0 Å². The fourth-order valence-corrected chi connectivity index (χ4v) is 7.70. The Labute approximate surface area is 261 Å². The Balaban J connectivity index is 1.42. The molecule has 7 aromatic carbocycles. The summed E-state index contributed by atoms with van der Waals surface area (Å²) in [6.45, 7) is 0. The van der Waals surface area contributed by atoms with Gasteiger partial charge in [0.15, 0.2) is 22.3 Å². The zero-order chi connectivity index (χ0) is 29.9. The number of hydrogen-bond donors (Lipinski definition) is 0. The van der Waals surface area contributed by atoms with E-state index < -0.39 is 0 Å². The highest BCUT2D eigenvalue weighted by molar-refractivity contribution is 6.35. The van der Waals surface area contributed by atoms with Crippen molar-refractivity contribution in [1.29, 1.82) is 0 Å². The number of fused-ring (bicyclic) bond motifs is 12. The summed E-state index contributed by atoms with van der Waals surface area (Å²) in [7, 11) is 0. The second-order valence-corrected chi connectivity index (χ2v) is 12.1. The Hall–Kier alpha value is -6.26. The van der Waals surface area contributed by atoms with E-state index in [-0.39, 0.29) is 0 Å². The Morgan fingerprint density at radius 2 is 0.761 bits per heavy atom. The molecule has 0 saturated carbocycles. The Bertz CT molecular complexity index is 2800. The van der Waals surface area contributed by atoms with Crippen LogP contribution in [-0.2, 0) is 0 Å². The molecule has 0 aliphatic heterocycles. The summed E-state index contributed by atoms with van der Waals surface area (Å²) >= 11 is 0. The van der Waals surface area contributed by atoms with Crippen LogP contribution < -0.4 is 0 Å². The van der Waals surface area contributed by atoms with Crippen LogP contribution in [0, 0.1) is 0 Å². The quantitative estimate of drug-likeness (QED) is 0.188. The van der Waals surface area contributed by atoms with Crippen LogP contribution in [0.5, 0.6) is 0 Å². The molecule has 4 heterocycles. The van der Waals surface area contributed by atoms with Crippen molar-refractivity contribution in [2.24, 2.45) is 0 Å². The Morgan fingerprint density at radius 3 is 1.22 bits per heavy atom. The van der Waals surface area contributed by atoms with E-state index in [2.05, 4.69) is 142 Å². The lowest BCUT2D eigenvalue weighted by molar-refractivity contribution is 0.653. The van der Waals surface area contributed by atoms with Gasteiger partial charge in [0, 0.05) is 10.8 Å². The van der Waals surface area contributed by atoms with Gasteiger partial charge < -0.3 is 17.6 Å². The van der Waals surface area contributed by atoms with Crippen molar-refractivity contribution in [2.75, 3.05) is 0 Å². The first-order valence-corrected chi connectivity index (χ1v) is 15.6. The average Bonchev–Trinajstić information content (AvgIpc) is 3.66. The highest BCUT2D eigenvalue weighted by Crippen LogP contribution is 2.48. The third kappa shape index (κ3) is 3.03. The van der Waals surface area contributed by atoms with Gasteiger partial charge in [0.1, 0.15) is 11.0 Å². The number of para-hydroxylation sites is 4. The lowest BCUT2D eigenvalue weighted by atomic mass is 10.0. The van der Waals surface area contributed by atoms with Crippen LogP contribution in [0.15, 0.2) is 154 Å². The lowest BCUT2D eigenvalue weighted by Gasteiger charge is -2.11. The Kier molecular flexibility index (Phi) is 4.55. The molecule has 0 bridgehead atoms. The molecule has 0 unspecified atom stereocenters. The molecule has 0 spiro atoms. The number of nitrogens with zero attached hydrogens (tertiary/aromatic N) is 2. The third-order valence-corrected chi connectivity index (χ3v) is 9.67. The molecule has 0 N–H and O–H groups in total. The number of rotatable bonds is 2. The van der Waals surface area contributed by atoms with Gasteiger partial charge in [-0.3, -0.25) is 0 Å². The highest BCUT2D eigenvalue weighted by atomic mass is 16.3. The van der Waals surface area contributed by atoms with Gasteiger partial charge in [-0.15, -0.1) is 0 Å². The first-order chi connectivity index (χ1) is 22.8. The van der Waals surface area contributed by atoms with Gasteiger partial charge in [0.2, 0.25) is 0 Å². The molecule has 0 fully saturated rings. The van der Waals surface area contributed by atoms with Gasteiger partial charge in [0.25, 0.3) is 0 Å². The predicted molar refractivity (Wildman–Crippen MR) is 189 cm³/mol. The van der Waals surface area contributed by atoms with Crippen LogP contribution in [0.4, 0.5) is 0 Å². The van der Waals surface area contributed by atoms with Crippen molar-refractivity contribution in [2.45, 2.75) is 0 Å². The van der Waals surface area contributed by atoms with Gasteiger partial charge >= 0.3 is 0 Å². The minimum Gasteiger partial charge on any atom is -0.452 e. The van der Waals surface area contributed by atoms with Gasteiger partial charge in [-0.25, -0.2) is 0 Å². The minimum absolute atomic E-state index is 0.841. The zero-order valence-corrected chi connectivity index (χ0v) is 24.6. The molecule has 4 nitrogen and oxygen atoms in total. The van der Waals surface area contributed by atoms with E-state index in [9.17, 15) is 0 Å². The van der Waals surface area contributed by atoms with Crippen molar-refractivity contribution in [1.82, 2.24) is 8.80 Å². The summed E-state index contributed by atoms with van der Waals surface area (Å²) in [5.41, 5.74) is 14.5. The molecule has 4 aromatic heterocycles. The van der Waals surface area contributed by atoms with Gasteiger partial charge in [-0.05, 0) is 58.7 Å². The summed E-state index contributed by atoms with van der Waals surface area (Å²) in [6.07, 6.45) is 0. The van der Waals surface area contributed by atoms with E-state index in [1.54, 1.807) is 0 Å². The maximum absolute atomic E-state index is 6.97. The van der Waals surface area contributed by atoms with E-state index in [4.69, 9.17) is 8.83 Å². The van der Waals surface area contributed by atoms with Crippen molar-refractivity contribution in [3.63, 3.8) is 0 Å². The highest BCUT2D eigenvalue weighted by Gasteiger charge is 2.27. The minimum atomic E-state index is 0.841. The van der Waals surface area contributed by atoms with Crippen molar-refractivity contribution in [3.8, 4) is 22.3 Å². The SMILES string of the molecule is c1ccc(-c2ccc3c4c5oc6ccccc6n6c7cc(-c8ccccc8)ccc7c(c7oc8ccccc8n(c3c2)c74)c56)cc1. The number of benzene rings is 7. The van der Waals surface area contributed by atoms with Crippen LogP contribution >= 0.6 is 0 Å². The van der Waals surface area contributed by atoms with Gasteiger partial charge in [-0.1, -0.05) is 109 Å². The van der Waals surface area contributed by atoms with Crippen molar-refractivity contribution < 1.29 is 8.83 Å². The number of aromatic nitrogens is 2. The Morgan fingerprint density at radius 1 is 0.348 bits per heavy atom. The molecule has 0 aliphatic carbocycles. The summed E-state index contributed by atoms with van der Waals surface area (Å²) in [4.78, 5) is 0. The maximum Gasteiger partial charge on any atom is 0.162 e. The zero-order valence-electron chi connectivity index (χ0n) is 24.6. The molecule has 11 rings (SSSR count). The molecule has 11 aromatic rings. The van der Waals surface area contributed by atoms with Crippen LogP contribution in [0.3, 0.4) is 0 Å². The maximum atomic E-state index is 6.97. The lowest BCUT2D eigenvalue weighted by Crippen LogP contribution is -1.93. The molecule has 214 valence electrons. The third-order valence-electron chi connectivity index (χ3n) is 9.67. The van der Waals surface area contributed by atoms with E-state index >= 15 is 0 Å². The fraction of sp³-hybridized carbons (Fsp3) is 0. The first-order valence-electron chi connectivity index (χ1n) is 15.6. The van der Waals surface area contributed by atoms with E-state index in [1.165, 1.54) is 22.3 Å². The molecular weight excluding hydrogens is 564 g/mol. The standard InChI is InChI=1S/C42H24N2O2/c1-3-11-25(12-4-1)27-19-21-29-33(23-27)43-31-15-7-9-17-35(31)45-42-38-30-22-20-28(26-13-5-2-6-14-26)24-34(30)44-32-16-8-10-18-36(32)46-41(40(38)44)37(29)39(42)43/h1-24H. The summed E-state index contributed by atoms with van der Waals surface area (Å²) < 4.78 is 18.7. The molecule has 0 amide bonds. The smallest absolute Gasteiger partial charge is 0.162 e. The van der Waals surface area contributed by atoms with E-state index in [0.29, 0.717) is 0 Å². The molecule has 4 heteroatoms.